The van der Waals surface area contributed by atoms with Gasteiger partial charge in [-0.15, -0.1) is 0 Å². The summed E-state index contributed by atoms with van der Waals surface area (Å²) in [6.45, 7) is -0.0301. The number of anilines is 1. The second-order valence-electron chi connectivity index (χ2n) is 3.44. The maximum absolute atomic E-state index is 13.2. The number of nitrogens with one attached hydrogen (secondary N) is 1. The highest BCUT2D eigenvalue weighted by atomic mass is 19.1. The number of ether oxygens (including phenoxy) is 1. The largest absolute Gasteiger partial charge is 0.469 e. The number of rotatable bonds is 5. The molecule has 0 aliphatic carbocycles. The highest BCUT2D eigenvalue weighted by Crippen LogP contribution is 2.14. The molecular formula is C11H13F2NO3. The van der Waals surface area contributed by atoms with Crippen LogP contribution in [0.4, 0.5) is 14.5 Å². The topological polar surface area (TPSA) is 58.6 Å². The molecule has 0 spiro atoms. The van der Waals surface area contributed by atoms with Gasteiger partial charge in [-0.3, -0.25) is 4.79 Å². The molecule has 0 saturated heterocycles. The number of methoxy groups -OCH3 is 1. The van der Waals surface area contributed by atoms with Crippen molar-refractivity contribution in [3.05, 3.63) is 29.8 Å². The van der Waals surface area contributed by atoms with Crippen molar-refractivity contribution >= 4 is 11.7 Å². The number of aliphatic hydroxyl groups excluding tert-OH is 1. The monoisotopic (exact) mass is 245 g/mol. The first-order chi connectivity index (χ1) is 8.02. The SMILES string of the molecule is COC(=O)CC(O)CNc1ccc(F)cc1F. The van der Waals surface area contributed by atoms with E-state index in [0.717, 1.165) is 12.1 Å². The van der Waals surface area contributed by atoms with Gasteiger partial charge in [-0.2, -0.15) is 0 Å². The second-order valence-corrected chi connectivity index (χ2v) is 3.44. The van der Waals surface area contributed by atoms with Crippen LogP contribution in [0.25, 0.3) is 0 Å². The molecule has 0 amide bonds. The number of carbonyl (C=O) groups is 1. The quantitative estimate of drug-likeness (QED) is 0.768. The van der Waals surface area contributed by atoms with E-state index in [4.69, 9.17) is 0 Å². The van der Waals surface area contributed by atoms with Gasteiger partial charge in [0.15, 0.2) is 0 Å². The maximum Gasteiger partial charge on any atom is 0.308 e. The number of benzene rings is 1. The Balaban J connectivity index is 2.47. The van der Waals surface area contributed by atoms with Crippen molar-refractivity contribution in [3.8, 4) is 0 Å². The van der Waals surface area contributed by atoms with Gasteiger partial charge in [-0.05, 0) is 12.1 Å². The van der Waals surface area contributed by atoms with Crippen molar-refractivity contribution in [2.45, 2.75) is 12.5 Å². The van der Waals surface area contributed by atoms with Crippen LogP contribution in [0.3, 0.4) is 0 Å². The number of hydrogen-bond donors (Lipinski definition) is 2. The molecule has 0 fully saturated rings. The molecule has 17 heavy (non-hydrogen) atoms. The Morgan fingerprint density at radius 1 is 1.53 bits per heavy atom. The van der Waals surface area contributed by atoms with Gasteiger partial charge in [0.05, 0.1) is 25.3 Å². The molecule has 1 unspecified atom stereocenters. The molecule has 1 aromatic carbocycles. The number of aliphatic hydroxyl groups is 1. The van der Waals surface area contributed by atoms with Gasteiger partial charge >= 0.3 is 5.97 Å². The summed E-state index contributed by atoms with van der Waals surface area (Å²) in [5, 5.41) is 12.0. The normalized spacial score (nSPS) is 12.0. The average Bonchev–Trinajstić information content (AvgIpc) is 2.27. The van der Waals surface area contributed by atoms with Crippen molar-refractivity contribution in [3.63, 3.8) is 0 Å². The number of carbonyl (C=O) groups excluding carboxylic acids is 1. The van der Waals surface area contributed by atoms with Gasteiger partial charge < -0.3 is 15.2 Å². The highest BCUT2D eigenvalue weighted by molar-refractivity contribution is 5.69. The Hall–Kier alpha value is -1.69. The predicted molar refractivity (Wildman–Crippen MR) is 57.5 cm³/mol. The van der Waals surface area contributed by atoms with Crippen LogP contribution in [0.15, 0.2) is 18.2 Å². The van der Waals surface area contributed by atoms with E-state index in [9.17, 15) is 18.7 Å². The van der Waals surface area contributed by atoms with Gasteiger partial charge in [-0.25, -0.2) is 8.78 Å². The van der Waals surface area contributed by atoms with E-state index in [-0.39, 0.29) is 18.7 Å². The molecule has 4 nitrogen and oxygen atoms in total. The van der Waals surface area contributed by atoms with Gasteiger partial charge in [0.1, 0.15) is 11.6 Å². The third-order valence-electron chi connectivity index (χ3n) is 2.09. The molecule has 6 heteroatoms. The fourth-order valence-electron chi connectivity index (χ4n) is 1.21. The molecule has 94 valence electrons. The molecule has 0 heterocycles. The Labute approximate surface area is 97.2 Å². The third-order valence-corrected chi connectivity index (χ3v) is 2.09. The van der Waals surface area contributed by atoms with Crippen molar-refractivity contribution in [2.75, 3.05) is 19.0 Å². The van der Waals surface area contributed by atoms with Crippen molar-refractivity contribution < 1.29 is 23.4 Å². The van der Waals surface area contributed by atoms with E-state index in [1.54, 1.807) is 0 Å². The van der Waals surface area contributed by atoms with Gasteiger partial charge in [-0.1, -0.05) is 0 Å². The molecule has 2 N–H and O–H groups in total. The molecule has 1 atom stereocenters. The molecule has 1 aromatic rings. The highest BCUT2D eigenvalue weighted by Gasteiger charge is 2.11. The lowest BCUT2D eigenvalue weighted by atomic mass is 10.2. The van der Waals surface area contributed by atoms with Crippen LogP contribution in [-0.4, -0.2) is 30.8 Å². The van der Waals surface area contributed by atoms with Crippen LogP contribution in [0.1, 0.15) is 6.42 Å². The number of esters is 1. The van der Waals surface area contributed by atoms with Crippen molar-refractivity contribution in [1.82, 2.24) is 0 Å². The van der Waals surface area contributed by atoms with Crippen LogP contribution in [0.2, 0.25) is 0 Å². The Morgan fingerprint density at radius 2 is 2.24 bits per heavy atom. The lowest BCUT2D eigenvalue weighted by Gasteiger charge is -2.12. The maximum atomic E-state index is 13.2. The van der Waals surface area contributed by atoms with E-state index >= 15 is 0 Å². The summed E-state index contributed by atoms with van der Waals surface area (Å²) < 4.78 is 30.1. The minimum absolute atomic E-state index is 0.0301. The Kier molecular flexibility index (Phi) is 4.84. The summed E-state index contributed by atoms with van der Waals surface area (Å²) in [6.07, 6.45) is -1.18. The summed E-state index contributed by atoms with van der Waals surface area (Å²) in [5.41, 5.74) is 0.0651. The average molecular weight is 245 g/mol. The fourth-order valence-corrected chi connectivity index (χ4v) is 1.21. The molecule has 0 saturated carbocycles. The van der Waals surface area contributed by atoms with Gasteiger partial charge in [0.2, 0.25) is 0 Å². The van der Waals surface area contributed by atoms with Gasteiger partial charge in [0.25, 0.3) is 0 Å². The standard InChI is InChI=1S/C11H13F2NO3/c1-17-11(16)5-8(15)6-14-10-3-2-7(12)4-9(10)13/h2-4,8,14-15H,5-6H2,1H3. The van der Waals surface area contributed by atoms with Crippen LogP contribution in [0.5, 0.6) is 0 Å². The van der Waals surface area contributed by atoms with Crippen LogP contribution in [-0.2, 0) is 9.53 Å². The van der Waals surface area contributed by atoms with Crippen LogP contribution < -0.4 is 5.32 Å². The molecule has 0 bridgehead atoms. The molecular weight excluding hydrogens is 232 g/mol. The summed E-state index contributed by atoms with van der Waals surface area (Å²) in [5.74, 6) is -1.99. The van der Waals surface area contributed by atoms with Crippen LogP contribution in [0, 0.1) is 11.6 Å². The van der Waals surface area contributed by atoms with E-state index in [0.29, 0.717) is 0 Å². The van der Waals surface area contributed by atoms with E-state index in [1.807, 2.05) is 0 Å². The molecule has 0 radical (unpaired) electrons. The first-order valence-electron chi connectivity index (χ1n) is 4.96. The zero-order valence-corrected chi connectivity index (χ0v) is 9.24. The number of halogens is 2. The third kappa shape index (κ3) is 4.36. The summed E-state index contributed by atoms with van der Waals surface area (Å²) in [6, 6.07) is 3.04. The fraction of sp³-hybridized carbons (Fsp3) is 0.364. The van der Waals surface area contributed by atoms with Crippen molar-refractivity contribution in [1.29, 1.82) is 0 Å². The Bertz CT molecular complexity index is 398. The second kappa shape index (κ2) is 6.15. The first-order valence-corrected chi connectivity index (χ1v) is 4.96. The molecule has 0 aromatic heterocycles. The van der Waals surface area contributed by atoms with Crippen LogP contribution >= 0.6 is 0 Å². The van der Waals surface area contributed by atoms with E-state index in [2.05, 4.69) is 10.1 Å². The zero-order chi connectivity index (χ0) is 12.8. The number of hydrogen-bond acceptors (Lipinski definition) is 4. The Morgan fingerprint density at radius 3 is 2.82 bits per heavy atom. The van der Waals surface area contributed by atoms with Gasteiger partial charge in [0, 0.05) is 12.6 Å². The van der Waals surface area contributed by atoms with E-state index in [1.165, 1.54) is 13.2 Å². The molecule has 0 aliphatic heterocycles. The molecule has 1 rings (SSSR count). The lowest BCUT2D eigenvalue weighted by Crippen LogP contribution is -2.23. The van der Waals surface area contributed by atoms with Crippen molar-refractivity contribution in [2.24, 2.45) is 0 Å². The summed E-state index contributed by atoms with van der Waals surface area (Å²) in [4.78, 5) is 10.8. The summed E-state index contributed by atoms with van der Waals surface area (Å²) in [7, 11) is 1.21. The minimum Gasteiger partial charge on any atom is -0.469 e. The first kappa shape index (κ1) is 13.4. The zero-order valence-electron chi connectivity index (χ0n) is 9.24. The minimum atomic E-state index is -0.994. The lowest BCUT2D eigenvalue weighted by molar-refractivity contribution is -0.142. The summed E-state index contributed by atoms with van der Waals surface area (Å²) >= 11 is 0. The molecule has 0 aliphatic rings. The smallest absolute Gasteiger partial charge is 0.308 e. The van der Waals surface area contributed by atoms with E-state index < -0.39 is 23.7 Å². The predicted octanol–water partition coefficient (Wildman–Crippen LogP) is 1.30.